The van der Waals surface area contributed by atoms with Gasteiger partial charge >= 0.3 is 0 Å². The lowest BCUT2D eigenvalue weighted by atomic mass is 10.0. The molecule has 3 aromatic rings. The Labute approximate surface area is 157 Å². The van der Waals surface area contributed by atoms with E-state index in [0.29, 0.717) is 0 Å². The number of hydrogen-bond donors (Lipinski definition) is 0. The molecule has 0 spiro atoms. The summed E-state index contributed by atoms with van der Waals surface area (Å²) in [5.41, 5.74) is 5.58. The van der Waals surface area contributed by atoms with Gasteiger partial charge in [0.15, 0.2) is 0 Å². The average Bonchev–Trinajstić information content (AvgIpc) is 2.69. The average molecular weight is 345 g/mol. The molecule has 2 aromatic carbocycles. The summed E-state index contributed by atoms with van der Waals surface area (Å²) in [6.07, 6.45) is 4.01. The third-order valence-corrected chi connectivity index (χ3v) is 3.97. The highest BCUT2D eigenvalue weighted by atomic mass is 14.8. The summed E-state index contributed by atoms with van der Waals surface area (Å²) in [5.74, 6) is 0. The maximum absolute atomic E-state index is 5.02. The van der Waals surface area contributed by atoms with Crippen molar-refractivity contribution >= 4 is 16.6 Å². The van der Waals surface area contributed by atoms with Gasteiger partial charge in [-0.15, -0.1) is 0 Å². The summed E-state index contributed by atoms with van der Waals surface area (Å²) in [7, 11) is 0. The zero-order chi connectivity index (χ0) is 18.9. The van der Waals surface area contributed by atoms with Crippen molar-refractivity contribution in [3.63, 3.8) is 0 Å². The van der Waals surface area contributed by atoms with Crippen molar-refractivity contribution in [1.82, 2.24) is 4.98 Å². The van der Waals surface area contributed by atoms with Gasteiger partial charge in [-0.1, -0.05) is 68.0 Å². The van der Waals surface area contributed by atoms with Gasteiger partial charge in [0.05, 0.1) is 17.3 Å². The van der Waals surface area contributed by atoms with Crippen molar-refractivity contribution in [2.24, 2.45) is 4.99 Å². The van der Waals surface area contributed by atoms with Crippen LogP contribution in [0.5, 0.6) is 0 Å². The fraction of sp³-hybridized carbons (Fsp3) is 0.250. The molecule has 1 aromatic heterocycles. The molecule has 2 nitrogen and oxygen atoms in total. The first-order chi connectivity index (χ1) is 12.6. The number of rotatable bonds is 4. The SMILES string of the molecule is CC.CC(C)=CC(=NC(C)c1ccccc1)c1ccnc2ccccc12. The van der Waals surface area contributed by atoms with E-state index in [0.717, 1.165) is 22.2 Å². The van der Waals surface area contributed by atoms with Crippen molar-refractivity contribution in [2.45, 2.75) is 40.7 Å². The molecular weight excluding hydrogens is 316 g/mol. The highest BCUT2D eigenvalue weighted by Crippen LogP contribution is 2.22. The third kappa shape index (κ3) is 4.89. The van der Waals surface area contributed by atoms with E-state index in [1.165, 1.54) is 11.1 Å². The minimum atomic E-state index is 0.101. The van der Waals surface area contributed by atoms with Gasteiger partial charge in [0.1, 0.15) is 0 Å². The molecule has 0 saturated carbocycles. The molecule has 26 heavy (non-hydrogen) atoms. The topological polar surface area (TPSA) is 25.2 Å². The zero-order valence-electron chi connectivity index (χ0n) is 16.4. The number of allylic oxidation sites excluding steroid dienone is 2. The van der Waals surface area contributed by atoms with Crippen LogP contribution in [0.3, 0.4) is 0 Å². The minimum Gasteiger partial charge on any atom is -0.277 e. The summed E-state index contributed by atoms with van der Waals surface area (Å²) < 4.78 is 0. The molecule has 134 valence electrons. The zero-order valence-corrected chi connectivity index (χ0v) is 16.4. The Morgan fingerprint density at radius 3 is 2.27 bits per heavy atom. The Morgan fingerprint density at radius 1 is 0.923 bits per heavy atom. The largest absolute Gasteiger partial charge is 0.277 e. The molecule has 3 rings (SSSR count). The predicted octanol–water partition coefficient (Wildman–Crippen LogP) is 6.78. The molecule has 0 fully saturated rings. The van der Waals surface area contributed by atoms with Gasteiger partial charge in [0, 0.05) is 17.1 Å². The van der Waals surface area contributed by atoms with Gasteiger partial charge in [-0.3, -0.25) is 9.98 Å². The summed E-state index contributed by atoms with van der Waals surface area (Å²) in [6, 6.07) is 20.8. The molecule has 0 aliphatic rings. The second-order valence-corrected chi connectivity index (χ2v) is 6.20. The maximum atomic E-state index is 5.02. The standard InChI is InChI=1S/C22H22N2.C2H6/c1-16(2)15-22(24-17(3)18-9-5-4-6-10-18)20-13-14-23-21-12-8-7-11-19(20)21;1-2/h4-15,17H,1-3H3;1-2H3. The van der Waals surface area contributed by atoms with Crippen LogP contribution in [0, 0.1) is 0 Å². The highest BCUT2D eigenvalue weighted by molar-refractivity contribution is 6.16. The van der Waals surface area contributed by atoms with Crippen LogP contribution in [0.15, 0.2) is 83.5 Å². The summed E-state index contributed by atoms with van der Waals surface area (Å²) >= 11 is 0. The van der Waals surface area contributed by atoms with Crippen LogP contribution in [0.2, 0.25) is 0 Å². The Kier molecular flexibility index (Phi) is 7.28. The highest BCUT2D eigenvalue weighted by Gasteiger charge is 2.10. The van der Waals surface area contributed by atoms with Crippen LogP contribution < -0.4 is 0 Å². The molecule has 0 radical (unpaired) electrons. The van der Waals surface area contributed by atoms with Gasteiger partial charge in [-0.25, -0.2) is 0 Å². The number of para-hydroxylation sites is 1. The van der Waals surface area contributed by atoms with E-state index in [9.17, 15) is 0 Å². The van der Waals surface area contributed by atoms with Gasteiger partial charge in [0.25, 0.3) is 0 Å². The Morgan fingerprint density at radius 2 is 1.58 bits per heavy atom. The number of benzene rings is 2. The number of fused-ring (bicyclic) bond motifs is 1. The van der Waals surface area contributed by atoms with E-state index in [1.54, 1.807) is 0 Å². The molecular formula is C24H28N2. The van der Waals surface area contributed by atoms with E-state index >= 15 is 0 Å². The summed E-state index contributed by atoms with van der Waals surface area (Å²) in [4.78, 5) is 9.48. The first-order valence-corrected chi connectivity index (χ1v) is 9.27. The van der Waals surface area contributed by atoms with E-state index in [-0.39, 0.29) is 6.04 Å². The molecule has 0 aliphatic carbocycles. The van der Waals surface area contributed by atoms with Crippen molar-refractivity contribution in [3.8, 4) is 0 Å². The maximum Gasteiger partial charge on any atom is 0.0728 e. The lowest BCUT2D eigenvalue weighted by Gasteiger charge is -2.12. The molecule has 1 atom stereocenters. The molecule has 2 heteroatoms. The normalized spacial score (nSPS) is 12.1. The van der Waals surface area contributed by atoms with E-state index < -0.39 is 0 Å². The molecule has 0 aliphatic heterocycles. The number of nitrogens with zero attached hydrogens (tertiary/aromatic N) is 2. The Bertz CT molecular complexity index is 883. The molecule has 0 N–H and O–H groups in total. The monoisotopic (exact) mass is 344 g/mol. The van der Waals surface area contributed by atoms with Gasteiger partial charge in [-0.05, 0) is 44.5 Å². The summed E-state index contributed by atoms with van der Waals surface area (Å²) in [5, 5.41) is 1.14. The number of aliphatic imine (C=N–C) groups is 1. The van der Waals surface area contributed by atoms with Crippen LogP contribution in [-0.2, 0) is 0 Å². The number of pyridine rings is 1. The van der Waals surface area contributed by atoms with Gasteiger partial charge in [0.2, 0.25) is 0 Å². The number of hydrogen-bond acceptors (Lipinski definition) is 2. The molecule has 0 bridgehead atoms. The Balaban J connectivity index is 0.00000117. The van der Waals surface area contributed by atoms with Crippen LogP contribution in [-0.4, -0.2) is 10.7 Å². The smallest absolute Gasteiger partial charge is 0.0728 e. The second-order valence-electron chi connectivity index (χ2n) is 6.20. The molecule has 0 amide bonds. The van der Waals surface area contributed by atoms with Crippen molar-refractivity contribution in [2.75, 3.05) is 0 Å². The fourth-order valence-corrected chi connectivity index (χ4v) is 2.79. The molecule has 0 saturated heterocycles. The van der Waals surface area contributed by atoms with Crippen LogP contribution in [0.4, 0.5) is 0 Å². The van der Waals surface area contributed by atoms with Crippen LogP contribution >= 0.6 is 0 Å². The lowest BCUT2D eigenvalue weighted by molar-refractivity contribution is 0.821. The minimum absolute atomic E-state index is 0.101. The predicted molar refractivity (Wildman–Crippen MR) is 114 cm³/mol. The first kappa shape index (κ1) is 19.6. The van der Waals surface area contributed by atoms with E-state index in [1.807, 2.05) is 44.3 Å². The number of aromatic nitrogens is 1. The van der Waals surface area contributed by atoms with Crippen molar-refractivity contribution in [3.05, 3.63) is 89.6 Å². The molecule has 1 heterocycles. The van der Waals surface area contributed by atoms with Crippen LogP contribution in [0.25, 0.3) is 10.9 Å². The lowest BCUT2D eigenvalue weighted by Crippen LogP contribution is -2.03. The van der Waals surface area contributed by atoms with E-state index in [4.69, 9.17) is 4.99 Å². The summed E-state index contributed by atoms with van der Waals surface area (Å²) in [6.45, 7) is 10.3. The fourth-order valence-electron chi connectivity index (χ4n) is 2.79. The first-order valence-electron chi connectivity index (χ1n) is 9.27. The van der Waals surface area contributed by atoms with Crippen LogP contribution in [0.1, 0.15) is 51.8 Å². The van der Waals surface area contributed by atoms with Crippen molar-refractivity contribution in [1.29, 1.82) is 0 Å². The van der Waals surface area contributed by atoms with Crippen molar-refractivity contribution < 1.29 is 0 Å². The molecule has 1 unspecified atom stereocenters. The van der Waals surface area contributed by atoms with E-state index in [2.05, 4.69) is 68.2 Å². The van der Waals surface area contributed by atoms with Gasteiger partial charge in [-0.2, -0.15) is 0 Å². The van der Waals surface area contributed by atoms with Gasteiger partial charge < -0.3 is 0 Å². The third-order valence-electron chi connectivity index (χ3n) is 3.97. The Hall–Kier alpha value is -2.74. The second kappa shape index (κ2) is 9.67. The quantitative estimate of drug-likeness (QED) is 0.479.